The van der Waals surface area contributed by atoms with Crippen molar-refractivity contribution in [3.05, 3.63) is 62.6 Å². The van der Waals surface area contributed by atoms with E-state index >= 15 is 0 Å². The van der Waals surface area contributed by atoms with Gasteiger partial charge in [-0.25, -0.2) is 0 Å². The molecule has 0 fully saturated rings. The third-order valence-corrected chi connectivity index (χ3v) is 3.72. The molecule has 0 bridgehead atoms. The summed E-state index contributed by atoms with van der Waals surface area (Å²) in [5.41, 5.74) is 0.259. The molecule has 2 rings (SSSR count). The highest BCUT2D eigenvalue weighted by molar-refractivity contribution is 6.39. The van der Waals surface area contributed by atoms with Gasteiger partial charge in [0.25, 0.3) is 0 Å². The molecular formula is C16H14Cl2N2O4. The van der Waals surface area contributed by atoms with Gasteiger partial charge in [0.2, 0.25) is 5.91 Å². The lowest BCUT2D eigenvalue weighted by Gasteiger charge is -2.09. The Kier molecular flexibility index (Phi) is 6.40. The molecule has 24 heavy (non-hydrogen) atoms. The number of benzene rings is 2. The number of carbonyl (C=O) groups excluding carboxylic acids is 1. The number of halogens is 2. The van der Waals surface area contributed by atoms with Crippen LogP contribution in [0.25, 0.3) is 0 Å². The molecule has 126 valence electrons. The van der Waals surface area contributed by atoms with E-state index in [-0.39, 0.29) is 30.4 Å². The normalized spacial score (nSPS) is 10.2. The highest BCUT2D eigenvalue weighted by Crippen LogP contribution is 2.30. The molecule has 8 heteroatoms. The van der Waals surface area contributed by atoms with Crippen LogP contribution in [0.4, 0.5) is 11.4 Å². The van der Waals surface area contributed by atoms with Gasteiger partial charge in [-0.05, 0) is 24.6 Å². The van der Waals surface area contributed by atoms with Crippen LogP contribution in [-0.4, -0.2) is 17.4 Å². The number of anilines is 1. The lowest BCUT2D eigenvalue weighted by molar-refractivity contribution is -0.385. The number of nitrogens with one attached hydrogen (secondary N) is 1. The number of hydrogen-bond acceptors (Lipinski definition) is 4. The topological polar surface area (TPSA) is 81.5 Å². The molecule has 0 saturated carbocycles. The van der Waals surface area contributed by atoms with Crippen LogP contribution in [0.1, 0.15) is 12.8 Å². The Hall–Kier alpha value is -2.31. The maximum Gasteiger partial charge on any atom is 0.310 e. The zero-order valence-corrected chi connectivity index (χ0v) is 14.0. The summed E-state index contributed by atoms with van der Waals surface area (Å²) >= 11 is 11.9. The van der Waals surface area contributed by atoms with Crippen LogP contribution < -0.4 is 10.1 Å². The lowest BCUT2D eigenvalue weighted by atomic mass is 10.2. The molecule has 0 saturated heterocycles. The van der Waals surface area contributed by atoms with Crippen molar-refractivity contribution in [3.8, 4) is 5.75 Å². The number of hydrogen-bond donors (Lipinski definition) is 1. The van der Waals surface area contributed by atoms with E-state index in [0.717, 1.165) is 0 Å². The molecule has 0 unspecified atom stereocenters. The molecule has 0 radical (unpaired) electrons. The minimum absolute atomic E-state index is 0.107. The fourth-order valence-electron chi connectivity index (χ4n) is 1.96. The summed E-state index contributed by atoms with van der Waals surface area (Å²) in [6, 6.07) is 11.0. The number of ether oxygens (including phenoxy) is 1. The van der Waals surface area contributed by atoms with Crippen LogP contribution in [-0.2, 0) is 4.79 Å². The van der Waals surface area contributed by atoms with E-state index in [9.17, 15) is 14.9 Å². The Morgan fingerprint density at radius 1 is 1.12 bits per heavy atom. The molecule has 0 spiro atoms. The zero-order chi connectivity index (χ0) is 17.5. The molecule has 1 amide bonds. The molecule has 0 aliphatic heterocycles. The third kappa shape index (κ3) is 4.84. The van der Waals surface area contributed by atoms with Crippen molar-refractivity contribution in [2.75, 3.05) is 11.9 Å². The second-order valence-electron chi connectivity index (χ2n) is 4.82. The van der Waals surface area contributed by atoms with Gasteiger partial charge < -0.3 is 10.1 Å². The molecule has 0 aliphatic rings. The second kappa shape index (κ2) is 8.52. The van der Waals surface area contributed by atoms with Crippen LogP contribution in [0.5, 0.6) is 5.75 Å². The standard InChI is InChI=1S/C16H14Cl2N2O4/c17-11-5-3-6-12(18)16(11)19-15(21)9-4-10-24-14-8-2-1-7-13(14)20(22)23/h1-3,5-8H,4,9-10H2,(H,19,21). The molecular weight excluding hydrogens is 355 g/mol. The Labute approximate surface area is 148 Å². The minimum atomic E-state index is -0.512. The summed E-state index contributed by atoms with van der Waals surface area (Å²) < 4.78 is 5.37. The van der Waals surface area contributed by atoms with E-state index in [1.54, 1.807) is 30.3 Å². The molecule has 6 nitrogen and oxygen atoms in total. The number of rotatable bonds is 7. The van der Waals surface area contributed by atoms with Gasteiger partial charge in [0, 0.05) is 12.5 Å². The Morgan fingerprint density at radius 2 is 1.79 bits per heavy atom. The van der Waals surface area contributed by atoms with E-state index in [1.807, 2.05) is 0 Å². The van der Waals surface area contributed by atoms with Crippen LogP contribution in [0.15, 0.2) is 42.5 Å². The first-order valence-corrected chi connectivity index (χ1v) is 7.84. The summed E-state index contributed by atoms with van der Waals surface area (Å²) in [6.07, 6.45) is 0.558. The van der Waals surface area contributed by atoms with Crippen molar-refractivity contribution >= 4 is 40.5 Å². The third-order valence-electron chi connectivity index (χ3n) is 3.09. The fraction of sp³-hybridized carbons (Fsp3) is 0.188. The molecule has 1 N–H and O–H groups in total. The van der Waals surface area contributed by atoms with Crippen molar-refractivity contribution in [3.63, 3.8) is 0 Å². The SMILES string of the molecule is O=C(CCCOc1ccccc1[N+](=O)[O-])Nc1c(Cl)cccc1Cl. The van der Waals surface area contributed by atoms with Gasteiger partial charge in [-0.2, -0.15) is 0 Å². The Morgan fingerprint density at radius 3 is 2.46 bits per heavy atom. The molecule has 0 aromatic heterocycles. The van der Waals surface area contributed by atoms with Gasteiger partial charge in [-0.15, -0.1) is 0 Å². The highest BCUT2D eigenvalue weighted by atomic mass is 35.5. The maximum absolute atomic E-state index is 11.9. The largest absolute Gasteiger partial charge is 0.487 e. The summed E-state index contributed by atoms with van der Waals surface area (Å²) in [4.78, 5) is 22.3. The molecule has 2 aromatic rings. The van der Waals surface area contributed by atoms with Crippen LogP contribution >= 0.6 is 23.2 Å². The van der Waals surface area contributed by atoms with Crippen LogP contribution in [0.3, 0.4) is 0 Å². The molecule has 2 aromatic carbocycles. The van der Waals surface area contributed by atoms with Gasteiger partial charge in [-0.3, -0.25) is 14.9 Å². The number of nitro groups is 1. The second-order valence-corrected chi connectivity index (χ2v) is 5.64. The van der Waals surface area contributed by atoms with Gasteiger partial charge in [0.1, 0.15) is 0 Å². The van der Waals surface area contributed by atoms with Gasteiger partial charge in [-0.1, -0.05) is 41.4 Å². The average Bonchev–Trinajstić information content (AvgIpc) is 2.55. The molecule has 0 aliphatic carbocycles. The number of carbonyl (C=O) groups is 1. The number of amides is 1. The van der Waals surface area contributed by atoms with E-state index in [0.29, 0.717) is 22.2 Å². The highest BCUT2D eigenvalue weighted by Gasteiger charge is 2.14. The number of nitrogens with zero attached hydrogens (tertiary/aromatic N) is 1. The zero-order valence-electron chi connectivity index (χ0n) is 12.5. The van der Waals surface area contributed by atoms with Crippen LogP contribution in [0, 0.1) is 10.1 Å². The summed E-state index contributed by atoms with van der Waals surface area (Å²) in [6.45, 7) is 0.175. The van der Waals surface area contributed by atoms with E-state index in [1.165, 1.54) is 12.1 Å². The van der Waals surface area contributed by atoms with E-state index < -0.39 is 4.92 Å². The van der Waals surface area contributed by atoms with Crippen molar-refractivity contribution in [1.29, 1.82) is 0 Å². The first kappa shape index (κ1) is 18.0. The van der Waals surface area contributed by atoms with Crippen molar-refractivity contribution < 1.29 is 14.5 Å². The predicted molar refractivity (Wildman–Crippen MR) is 92.9 cm³/mol. The quantitative estimate of drug-likeness (QED) is 0.436. The number of nitro benzene ring substituents is 1. The minimum Gasteiger partial charge on any atom is -0.487 e. The first-order valence-electron chi connectivity index (χ1n) is 7.09. The van der Waals surface area contributed by atoms with E-state index in [4.69, 9.17) is 27.9 Å². The van der Waals surface area contributed by atoms with Gasteiger partial charge >= 0.3 is 5.69 Å². The lowest BCUT2D eigenvalue weighted by Crippen LogP contribution is -2.13. The average molecular weight is 369 g/mol. The summed E-state index contributed by atoms with van der Waals surface area (Å²) in [5, 5.41) is 14.2. The number of para-hydroxylation sites is 3. The smallest absolute Gasteiger partial charge is 0.310 e. The summed E-state index contributed by atoms with van der Waals surface area (Å²) in [5.74, 6) is -0.0896. The van der Waals surface area contributed by atoms with Gasteiger partial charge in [0.15, 0.2) is 5.75 Å². The van der Waals surface area contributed by atoms with Gasteiger partial charge in [0.05, 0.1) is 27.3 Å². The monoisotopic (exact) mass is 368 g/mol. The summed E-state index contributed by atoms with van der Waals surface area (Å²) in [7, 11) is 0. The van der Waals surface area contributed by atoms with Crippen molar-refractivity contribution in [2.45, 2.75) is 12.8 Å². The van der Waals surface area contributed by atoms with Crippen molar-refractivity contribution in [1.82, 2.24) is 0 Å². The Bertz CT molecular complexity index is 732. The van der Waals surface area contributed by atoms with Crippen molar-refractivity contribution in [2.24, 2.45) is 0 Å². The van der Waals surface area contributed by atoms with E-state index in [2.05, 4.69) is 5.32 Å². The molecule has 0 atom stereocenters. The first-order chi connectivity index (χ1) is 11.5. The fourth-order valence-corrected chi connectivity index (χ4v) is 2.46. The molecule has 0 heterocycles. The maximum atomic E-state index is 11.9. The predicted octanol–water partition coefficient (Wildman–Crippen LogP) is 4.70. The van der Waals surface area contributed by atoms with Crippen LogP contribution in [0.2, 0.25) is 10.0 Å². The Balaban J connectivity index is 1.83.